The number of nitrogens with one attached hydrogen (secondary N) is 1. The standard InChI is InChI=1S/C9H11N3O2/c1-6-3-4-13-8(6)9-12-11-7(14-9)5-10-2/h3-4,10H,5H2,1-2H3. The predicted octanol–water partition coefficient (Wildman–Crippen LogP) is 1.36. The third-order valence-electron chi connectivity index (χ3n) is 1.85. The van der Waals surface area contributed by atoms with Gasteiger partial charge in [-0.25, -0.2) is 0 Å². The van der Waals surface area contributed by atoms with Crippen molar-refractivity contribution in [3.63, 3.8) is 0 Å². The molecule has 74 valence electrons. The second-order valence-electron chi connectivity index (χ2n) is 2.96. The molecule has 2 aromatic heterocycles. The van der Waals surface area contributed by atoms with E-state index in [1.54, 1.807) is 6.26 Å². The van der Waals surface area contributed by atoms with E-state index in [0.29, 0.717) is 24.1 Å². The molecule has 0 aliphatic rings. The lowest BCUT2D eigenvalue weighted by Gasteiger charge is -1.90. The van der Waals surface area contributed by atoms with Crippen LogP contribution in [0.15, 0.2) is 21.2 Å². The molecule has 0 fully saturated rings. The van der Waals surface area contributed by atoms with Crippen molar-refractivity contribution in [1.82, 2.24) is 15.5 Å². The van der Waals surface area contributed by atoms with Gasteiger partial charge in [-0.2, -0.15) is 0 Å². The van der Waals surface area contributed by atoms with Crippen LogP contribution in [-0.2, 0) is 6.54 Å². The van der Waals surface area contributed by atoms with Crippen molar-refractivity contribution in [3.8, 4) is 11.7 Å². The fourth-order valence-corrected chi connectivity index (χ4v) is 1.16. The summed E-state index contributed by atoms with van der Waals surface area (Å²) in [6.45, 7) is 2.49. The Morgan fingerprint density at radius 3 is 2.93 bits per heavy atom. The Morgan fingerprint density at radius 2 is 2.29 bits per heavy atom. The predicted molar refractivity (Wildman–Crippen MR) is 49.5 cm³/mol. The van der Waals surface area contributed by atoms with Crippen LogP contribution in [0, 0.1) is 6.92 Å². The van der Waals surface area contributed by atoms with Crippen molar-refractivity contribution in [3.05, 3.63) is 23.8 Å². The summed E-state index contributed by atoms with van der Waals surface area (Å²) in [6.07, 6.45) is 1.60. The van der Waals surface area contributed by atoms with Crippen molar-refractivity contribution in [2.75, 3.05) is 7.05 Å². The van der Waals surface area contributed by atoms with Gasteiger partial charge in [-0.15, -0.1) is 10.2 Å². The van der Waals surface area contributed by atoms with E-state index < -0.39 is 0 Å². The largest absolute Gasteiger partial charge is 0.459 e. The van der Waals surface area contributed by atoms with Gasteiger partial charge >= 0.3 is 0 Å². The SMILES string of the molecule is CNCc1nnc(-c2occc2C)o1. The first-order chi connectivity index (χ1) is 6.81. The Bertz CT molecular complexity index is 419. The molecule has 0 amide bonds. The molecule has 0 radical (unpaired) electrons. The molecule has 5 nitrogen and oxygen atoms in total. The second-order valence-corrected chi connectivity index (χ2v) is 2.96. The third kappa shape index (κ3) is 1.54. The molecule has 5 heteroatoms. The highest BCUT2D eigenvalue weighted by Crippen LogP contribution is 2.22. The molecule has 14 heavy (non-hydrogen) atoms. The van der Waals surface area contributed by atoms with Crippen molar-refractivity contribution >= 4 is 0 Å². The average Bonchev–Trinajstić information content (AvgIpc) is 2.74. The maximum Gasteiger partial charge on any atom is 0.283 e. The van der Waals surface area contributed by atoms with E-state index >= 15 is 0 Å². The lowest BCUT2D eigenvalue weighted by Crippen LogP contribution is -2.04. The Kier molecular flexibility index (Phi) is 2.32. The first kappa shape index (κ1) is 8.96. The van der Waals surface area contributed by atoms with Crippen LogP contribution < -0.4 is 5.32 Å². The molecule has 0 unspecified atom stereocenters. The summed E-state index contributed by atoms with van der Waals surface area (Å²) in [5, 5.41) is 10.7. The Balaban J connectivity index is 2.29. The van der Waals surface area contributed by atoms with E-state index in [2.05, 4.69) is 15.5 Å². The average molecular weight is 193 g/mol. The number of aryl methyl sites for hydroxylation is 1. The Labute approximate surface area is 81.1 Å². The molecule has 1 N–H and O–H groups in total. The van der Waals surface area contributed by atoms with Crippen LogP contribution in [0.2, 0.25) is 0 Å². The van der Waals surface area contributed by atoms with E-state index in [0.717, 1.165) is 5.56 Å². The fourth-order valence-electron chi connectivity index (χ4n) is 1.16. The van der Waals surface area contributed by atoms with Crippen LogP contribution in [0.3, 0.4) is 0 Å². The van der Waals surface area contributed by atoms with Gasteiger partial charge in [0.05, 0.1) is 12.8 Å². The van der Waals surface area contributed by atoms with Gasteiger partial charge in [0.25, 0.3) is 5.89 Å². The van der Waals surface area contributed by atoms with Gasteiger partial charge in [-0.3, -0.25) is 0 Å². The zero-order valence-electron chi connectivity index (χ0n) is 8.07. The minimum atomic E-state index is 0.428. The lowest BCUT2D eigenvalue weighted by molar-refractivity contribution is 0.469. The monoisotopic (exact) mass is 193 g/mol. The molecule has 0 saturated heterocycles. The number of nitrogens with zero attached hydrogens (tertiary/aromatic N) is 2. The smallest absolute Gasteiger partial charge is 0.283 e. The number of hydrogen-bond acceptors (Lipinski definition) is 5. The normalized spacial score (nSPS) is 10.7. The summed E-state index contributed by atoms with van der Waals surface area (Å²) in [4.78, 5) is 0. The highest BCUT2D eigenvalue weighted by Gasteiger charge is 2.12. The summed E-state index contributed by atoms with van der Waals surface area (Å²) in [6, 6.07) is 1.86. The third-order valence-corrected chi connectivity index (χ3v) is 1.85. The van der Waals surface area contributed by atoms with Crippen LogP contribution in [-0.4, -0.2) is 17.2 Å². The van der Waals surface area contributed by atoms with Crippen LogP contribution in [0.5, 0.6) is 0 Å². The van der Waals surface area contributed by atoms with Gasteiger partial charge in [0.15, 0.2) is 5.76 Å². The highest BCUT2D eigenvalue weighted by molar-refractivity contribution is 5.49. The summed E-state index contributed by atoms with van der Waals surface area (Å²) >= 11 is 0. The molecule has 2 aromatic rings. The molecule has 0 aliphatic heterocycles. The van der Waals surface area contributed by atoms with Gasteiger partial charge < -0.3 is 14.2 Å². The summed E-state index contributed by atoms with van der Waals surface area (Å²) < 4.78 is 10.6. The molecule has 0 aromatic carbocycles. The minimum absolute atomic E-state index is 0.428. The van der Waals surface area contributed by atoms with E-state index in [-0.39, 0.29) is 0 Å². The van der Waals surface area contributed by atoms with Crippen LogP contribution in [0.25, 0.3) is 11.7 Å². The molecule has 0 bridgehead atoms. The van der Waals surface area contributed by atoms with E-state index in [9.17, 15) is 0 Å². The van der Waals surface area contributed by atoms with Crippen LogP contribution in [0.1, 0.15) is 11.5 Å². The molecule has 2 rings (SSSR count). The van der Waals surface area contributed by atoms with Gasteiger partial charge in [0, 0.05) is 5.56 Å². The first-order valence-electron chi connectivity index (χ1n) is 4.32. The van der Waals surface area contributed by atoms with Gasteiger partial charge in [0.2, 0.25) is 5.89 Å². The summed E-state index contributed by atoms with van der Waals surface area (Å²) in [5.74, 6) is 1.62. The molecule has 0 aliphatic carbocycles. The van der Waals surface area contributed by atoms with E-state index in [1.807, 2.05) is 20.0 Å². The number of rotatable bonds is 3. The second kappa shape index (κ2) is 3.63. The maximum atomic E-state index is 5.37. The van der Waals surface area contributed by atoms with Crippen molar-refractivity contribution in [2.24, 2.45) is 0 Å². The molecule has 0 saturated carbocycles. The lowest BCUT2D eigenvalue weighted by atomic mass is 10.3. The first-order valence-corrected chi connectivity index (χ1v) is 4.32. The topological polar surface area (TPSA) is 64.1 Å². The summed E-state index contributed by atoms with van der Waals surface area (Å²) in [7, 11) is 1.82. The quantitative estimate of drug-likeness (QED) is 0.797. The minimum Gasteiger partial charge on any atom is -0.459 e. The van der Waals surface area contributed by atoms with Crippen molar-refractivity contribution in [1.29, 1.82) is 0 Å². The maximum absolute atomic E-state index is 5.37. The number of hydrogen-bond donors (Lipinski definition) is 1. The number of furan rings is 1. The van der Waals surface area contributed by atoms with Gasteiger partial charge in [0.1, 0.15) is 0 Å². The van der Waals surface area contributed by atoms with E-state index in [4.69, 9.17) is 8.83 Å². The Hall–Kier alpha value is -1.62. The molecule has 2 heterocycles. The van der Waals surface area contributed by atoms with Crippen LogP contribution >= 0.6 is 0 Å². The van der Waals surface area contributed by atoms with Crippen molar-refractivity contribution in [2.45, 2.75) is 13.5 Å². The molecule has 0 atom stereocenters. The van der Waals surface area contributed by atoms with E-state index in [1.165, 1.54) is 0 Å². The zero-order chi connectivity index (χ0) is 9.97. The highest BCUT2D eigenvalue weighted by atomic mass is 16.4. The molecular formula is C9H11N3O2. The van der Waals surface area contributed by atoms with Crippen molar-refractivity contribution < 1.29 is 8.83 Å². The van der Waals surface area contributed by atoms with Gasteiger partial charge in [-0.05, 0) is 20.0 Å². The zero-order valence-corrected chi connectivity index (χ0v) is 8.07. The summed E-state index contributed by atoms with van der Waals surface area (Å²) in [5.41, 5.74) is 0.990. The molecular weight excluding hydrogens is 182 g/mol. The fraction of sp³-hybridized carbons (Fsp3) is 0.333. The molecule has 0 spiro atoms. The van der Waals surface area contributed by atoms with Gasteiger partial charge in [-0.1, -0.05) is 0 Å². The number of aromatic nitrogens is 2. The Morgan fingerprint density at radius 1 is 1.43 bits per heavy atom. The van der Waals surface area contributed by atoms with Crippen LogP contribution in [0.4, 0.5) is 0 Å².